The summed E-state index contributed by atoms with van der Waals surface area (Å²) < 4.78 is 5.39. The first-order valence-electron chi connectivity index (χ1n) is 8.21. The fourth-order valence-corrected chi connectivity index (χ4v) is 2.88. The first-order valence-corrected chi connectivity index (χ1v) is 8.21. The molecule has 2 aromatic rings. The monoisotopic (exact) mass is 324 g/mol. The molecule has 1 fully saturated rings. The number of rotatable bonds is 3. The number of benzene rings is 1. The van der Waals surface area contributed by atoms with Crippen LogP contribution in [0.3, 0.4) is 0 Å². The summed E-state index contributed by atoms with van der Waals surface area (Å²) in [5.74, 6) is 1.62. The number of carbonyl (C=O) groups is 1. The first-order chi connectivity index (χ1) is 11.6. The molecule has 1 saturated heterocycles. The lowest BCUT2D eigenvalue weighted by Crippen LogP contribution is -2.39. The molecule has 6 heteroatoms. The van der Waals surface area contributed by atoms with Crippen molar-refractivity contribution in [3.63, 3.8) is 0 Å². The Morgan fingerprint density at radius 3 is 2.75 bits per heavy atom. The highest BCUT2D eigenvalue weighted by Gasteiger charge is 2.29. The van der Waals surface area contributed by atoms with E-state index >= 15 is 0 Å². The van der Waals surface area contributed by atoms with Crippen molar-refractivity contribution in [2.45, 2.75) is 38.5 Å². The summed E-state index contributed by atoms with van der Waals surface area (Å²) >= 11 is 0. The van der Waals surface area contributed by atoms with E-state index in [0.717, 1.165) is 19.4 Å². The third kappa shape index (κ3) is 3.30. The van der Waals surface area contributed by atoms with Crippen LogP contribution in [0.5, 0.6) is 0 Å². The summed E-state index contributed by atoms with van der Waals surface area (Å²) in [5, 5.41) is 12.9. The fraction of sp³-hybridized carbons (Fsp3) is 0.444. The minimum atomic E-state index is -0.0206. The molecule has 0 radical (unpaired) electrons. The van der Waals surface area contributed by atoms with Gasteiger partial charge in [0.2, 0.25) is 5.89 Å². The number of piperidine rings is 1. The number of nitrogens with zero attached hydrogens (tertiary/aromatic N) is 4. The number of aromatic nitrogens is 2. The molecule has 2 heterocycles. The predicted molar refractivity (Wildman–Crippen MR) is 87.4 cm³/mol. The van der Waals surface area contributed by atoms with Gasteiger partial charge in [0.1, 0.15) is 0 Å². The molecule has 1 aromatic heterocycles. The highest BCUT2D eigenvalue weighted by atomic mass is 16.5. The maximum absolute atomic E-state index is 12.7. The van der Waals surface area contributed by atoms with Crippen LogP contribution in [0.15, 0.2) is 28.8 Å². The highest BCUT2D eigenvalue weighted by Crippen LogP contribution is 2.27. The summed E-state index contributed by atoms with van der Waals surface area (Å²) in [7, 11) is 0. The molecule has 0 unspecified atom stereocenters. The van der Waals surface area contributed by atoms with Crippen LogP contribution in [-0.2, 0) is 0 Å². The zero-order valence-corrected chi connectivity index (χ0v) is 13.9. The third-order valence-electron chi connectivity index (χ3n) is 4.29. The molecule has 1 aromatic carbocycles. The maximum Gasteiger partial charge on any atom is 0.253 e. The van der Waals surface area contributed by atoms with E-state index in [0.29, 0.717) is 29.4 Å². The molecule has 1 aliphatic rings. The van der Waals surface area contributed by atoms with E-state index in [9.17, 15) is 4.79 Å². The number of hydrogen-bond acceptors (Lipinski definition) is 5. The average Bonchev–Trinajstić information content (AvgIpc) is 3.12. The van der Waals surface area contributed by atoms with E-state index in [1.165, 1.54) is 0 Å². The van der Waals surface area contributed by atoms with Gasteiger partial charge in [0.05, 0.1) is 17.6 Å². The molecule has 1 amide bonds. The summed E-state index contributed by atoms with van der Waals surface area (Å²) in [6.45, 7) is 5.35. The predicted octanol–water partition coefficient (Wildman–Crippen LogP) is 3.08. The van der Waals surface area contributed by atoms with Crippen molar-refractivity contribution in [2.24, 2.45) is 0 Å². The van der Waals surface area contributed by atoms with Crippen LogP contribution in [0.4, 0.5) is 0 Å². The Morgan fingerprint density at radius 2 is 2.12 bits per heavy atom. The number of carbonyl (C=O) groups excluding carboxylic acids is 1. The molecule has 1 atom stereocenters. The molecular weight excluding hydrogens is 304 g/mol. The quantitative estimate of drug-likeness (QED) is 0.866. The lowest BCUT2D eigenvalue weighted by atomic mass is 9.97. The van der Waals surface area contributed by atoms with E-state index < -0.39 is 0 Å². The maximum atomic E-state index is 12.7. The molecule has 0 bridgehead atoms. The SMILES string of the molecule is CC(C)c1noc([C@H]2CCCN(C(=O)c3ccc(C#N)cc3)C2)n1. The normalized spacial score (nSPS) is 17.8. The van der Waals surface area contributed by atoms with Crippen LogP contribution in [0.2, 0.25) is 0 Å². The molecule has 0 saturated carbocycles. The van der Waals surface area contributed by atoms with Crippen molar-refractivity contribution in [1.29, 1.82) is 5.26 Å². The summed E-state index contributed by atoms with van der Waals surface area (Å²) in [4.78, 5) is 19.0. The topological polar surface area (TPSA) is 83.0 Å². The molecule has 0 spiro atoms. The Morgan fingerprint density at radius 1 is 1.38 bits per heavy atom. The molecular formula is C18H20N4O2. The van der Waals surface area contributed by atoms with Crippen molar-refractivity contribution >= 4 is 5.91 Å². The van der Waals surface area contributed by atoms with Crippen LogP contribution < -0.4 is 0 Å². The van der Waals surface area contributed by atoms with Gasteiger partial charge in [-0.15, -0.1) is 0 Å². The number of amides is 1. The lowest BCUT2D eigenvalue weighted by Gasteiger charge is -2.31. The van der Waals surface area contributed by atoms with Gasteiger partial charge in [0.15, 0.2) is 5.82 Å². The largest absolute Gasteiger partial charge is 0.339 e. The van der Waals surface area contributed by atoms with Crippen LogP contribution in [-0.4, -0.2) is 34.0 Å². The standard InChI is InChI=1S/C18H20N4O2/c1-12(2)16-20-17(24-21-16)15-4-3-9-22(11-15)18(23)14-7-5-13(10-19)6-8-14/h5-8,12,15H,3-4,9,11H2,1-2H3/t15-/m0/s1. The van der Waals surface area contributed by atoms with E-state index in [4.69, 9.17) is 9.78 Å². The van der Waals surface area contributed by atoms with Gasteiger partial charge in [-0.05, 0) is 37.1 Å². The van der Waals surface area contributed by atoms with Gasteiger partial charge in [-0.25, -0.2) is 0 Å². The second-order valence-electron chi connectivity index (χ2n) is 6.42. The lowest BCUT2D eigenvalue weighted by molar-refractivity contribution is 0.0695. The van der Waals surface area contributed by atoms with Crippen LogP contribution in [0.25, 0.3) is 0 Å². The third-order valence-corrected chi connectivity index (χ3v) is 4.29. The Kier molecular flexibility index (Phi) is 4.61. The molecule has 1 aliphatic heterocycles. The van der Waals surface area contributed by atoms with Gasteiger partial charge >= 0.3 is 0 Å². The van der Waals surface area contributed by atoms with E-state index in [-0.39, 0.29) is 17.7 Å². The average molecular weight is 324 g/mol. The number of hydrogen-bond donors (Lipinski definition) is 0. The Bertz CT molecular complexity index is 758. The fourth-order valence-electron chi connectivity index (χ4n) is 2.88. The summed E-state index contributed by atoms with van der Waals surface area (Å²) in [6.07, 6.45) is 1.85. The zero-order valence-electron chi connectivity index (χ0n) is 13.9. The van der Waals surface area contributed by atoms with Crippen molar-refractivity contribution in [2.75, 3.05) is 13.1 Å². The number of nitriles is 1. The molecule has 6 nitrogen and oxygen atoms in total. The molecule has 24 heavy (non-hydrogen) atoms. The van der Waals surface area contributed by atoms with E-state index in [2.05, 4.69) is 16.2 Å². The Hall–Kier alpha value is -2.68. The van der Waals surface area contributed by atoms with Gasteiger partial charge in [0, 0.05) is 24.6 Å². The van der Waals surface area contributed by atoms with E-state index in [1.807, 2.05) is 18.7 Å². The minimum absolute atomic E-state index is 0.0206. The highest BCUT2D eigenvalue weighted by molar-refractivity contribution is 5.94. The second kappa shape index (κ2) is 6.83. The van der Waals surface area contributed by atoms with E-state index in [1.54, 1.807) is 24.3 Å². The van der Waals surface area contributed by atoms with Gasteiger partial charge < -0.3 is 9.42 Å². The first kappa shape index (κ1) is 16.2. The summed E-state index contributed by atoms with van der Waals surface area (Å²) in [5.41, 5.74) is 1.15. The zero-order chi connectivity index (χ0) is 17.1. The second-order valence-corrected chi connectivity index (χ2v) is 6.42. The summed E-state index contributed by atoms with van der Waals surface area (Å²) in [6, 6.07) is 8.80. The van der Waals surface area contributed by atoms with Crippen LogP contribution in [0, 0.1) is 11.3 Å². The molecule has 3 rings (SSSR count). The van der Waals surface area contributed by atoms with Gasteiger partial charge in [-0.2, -0.15) is 10.2 Å². The van der Waals surface area contributed by atoms with Crippen molar-refractivity contribution in [3.05, 3.63) is 47.1 Å². The Labute approximate surface area is 141 Å². The van der Waals surface area contributed by atoms with Gasteiger partial charge in [0.25, 0.3) is 5.91 Å². The van der Waals surface area contributed by atoms with Gasteiger partial charge in [-0.1, -0.05) is 19.0 Å². The van der Waals surface area contributed by atoms with Crippen molar-refractivity contribution in [3.8, 4) is 6.07 Å². The Balaban J connectivity index is 1.72. The van der Waals surface area contributed by atoms with Crippen molar-refractivity contribution in [1.82, 2.24) is 15.0 Å². The van der Waals surface area contributed by atoms with Crippen molar-refractivity contribution < 1.29 is 9.32 Å². The molecule has 124 valence electrons. The minimum Gasteiger partial charge on any atom is -0.339 e. The molecule has 0 aliphatic carbocycles. The smallest absolute Gasteiger partial charge is 0.253 e. The van der Waals surface area contributed by atoms with Gasteiger partial charge in [-0.3, -0.25) is 4.79 Å². The van der Waals surface area contributed by atoms with Crippen LogP contribution in [0.1, 0.15) is 66.2 Å². The molecule has 0 N–H and O–H groups in total. The van der Waals surface area contributed by atoms with Crippen LogP contribution >= 0.6 is 0 Å². The number of likely N-dealkylation sites (tertiary alicyclic amines) is 1.